The van der Waals surface area contributed by atoms with Crippen LogP contribution in [0.2, 0.25) is 0 Å². The summed E-state index contributed by atoms with van der Waals surface area (Å²) in [5, 5.41) is 4.64. The van der Waals surface area contributed by atoms with Crippen molar-refractivity contribution in [2.75, 3.05) is 18.0 Å². The van der Waals surface area contributed by atoms with Gasteiger partial charge in [-0.3, -0.25) is 0 Å². The quantitative estimate of drug-likeness (QED) is 0.876. The predicted octanol–water partition coefficient (Wildman–Crippen LogP) is 1.90. The summed E-state index contributed by atoms with van der Waals surface area (Å²) in [4.78, 5) is 6.68. The molecule has 0 spiro atoms. The van der Waals surface area contributed by atoms with E-state index in [1.165, 1.54) is 24.4 Å². The van der Waals surface area contributed by atoms with Crippen molar-refractivity contribution in [3.63, 3.8) is 0 Å². The van der Waals surface area contributed by atoms with E-state index in [1.807, 2.05) is 0 Å². The fourth-order valence-corrected chi connectivity index (χ4v) is 2.65. The Morgan fingerprint density at radius 1 is 1.56 bits per heavy atom. The van der Waals surface area contributed by atoms with E-state index < -0.39 is 0 Å². The van der Waals surface area contributed by atoms with Crippen molar-refractivity contribution in [3.8, 4) is 0 Å². The van der Waals surface area contributed by atoms with E-state index in [4.69, 9.17) is 0 Å². The number of nitrogens with zero attached hydrogens (tertiary/aromatic N) is 3. The van der Waals surface area contributed by atoms with Gasteiger partial charge in [0.2, 0.25) is 5.13 Å². The maximum Gasteiger partial charge on any atom is 0.205 e. The van der Waals surface area contributed by atoms with Crippen LogP contribution in [-0.2, 0) is 0 Å². The summed E-state index contributed by atoms with van der Waals surface area (Å²) in [6.45, 7) is 8.76. The molecule has 0 radical (unpaired) electrons. The van der Waals surface area contributed by atoms with Gasteiger partial charge in [0.15, 0.2) is 0 Å². The molecule has 1 atom stereocenters. The minimum absolute atomic E-state index is 0.190. The van der Waals surface area contributed by atoms with E-state index in [0.29, 0.717) is 6.04 Å². The van der Waals surface area contributed by atoms with Crippen LogP contribution in [0.15, 0.2) is 6.33 Å². The average Bonchev–Trinajstić information content (AvgIpc) is 2.84. The number of rotatable bonds is 3. The first-order valence-electron chi connectivity index (χ1n) is 5.84. The van der Waals surface area contributed by atoms with Crippen molar-refractivity contribution < 1.29 is 0 Å². The van der Waals surface area contributed by atoms with Gasteiger partial charge in [0, 0.05) is 36.2 Å². The number of hydrogen-bond donors (Lipinski definition) is 1. The fraction of sp³-hybridized carbons (Fsp3) is 0.818. The molecule has 5 heteroatoms. The van der Waals surface area contributed by atoms with Crippen LogP contribution in [0.4, 0.5) is 5.13 Å². The van der Waals surface area contributed by atoms with Crippen molar-refractivity contribution in [2.24, 2.45) is 0 Å². The number of hydrogen-bond acceptors (Lipinski definition) is 5. The van der Waals surface area contributed by atoms with Crippen LogP contribution in [-0.4, -0.2) is 34.0 Å². The van der Waals surface area contributed by atoms with Crippen LogP contribution >= 0.6 is 11.5 Å². The zero-order chi connectivity index (χ0) is 11.6. The molecular formula is C11H20N4S. The molecule has 1 fully saturated rings. The third-order valence-corrected chi connectivity index (χ3v) is 3.54. The fourth-order valence-electron chi connectivity index (χ4n) is 2.02. The van der Waals surface area contributed by atoms with Gasteiger partial charge >= 0.3 is 0 Å². The molecule has 16 heavy (non-hydrogen) atoms. The van der Waals surface area contributed by atoms with E-state index in [2.05, 4.69) is 40.3 Å². The van der Waals surface area contributed by atoms with Gasteiger partial charge in [-0.2, -0.15) is 4.37 Å². The minimum atomic E-state index is 0.190. The first kappa shape index (κ1) is 11.8. The van der Waals surface area contributed by atoms with Crippen molar-refractivity contribution >= 4 is 16.7 Å². The predicted molar refractivity (Wildman–Crippen MR) is 68.0 cm³/mol. The van der Waals surface area contributed by atoms with Gasteiger partial charge in [0.1, 0.15) is 6.33 Å². The zero-order valence-corrected chi connectivity index (χ0v) is 11.0. The monoisotopic (exact) mass is 240 g/mol. The van der Waals surface area contributed by atoms with Crippen LogP contribution in [0.1, 0.15) is 33.6 Å². The highest BCUT2D eigenvalue weighted by molar-refractivity contribution is 7.09. The molecule has 90 valence electrons. The molecule has 1 unspecified atom stereocenters. The van der Waals surface area contributed by atoms with Crippen LogP contribution in [0, 0.1) is 0 Å². The lowest BCUT2D eigenvalue weighted by molar-refractivity contribution is 0.405. The molecule has 0 bridgehead atoms. The SMILES string of the molecule is CC(C)(C)NCC1CCCN1c1ncns1. The zero-order valence-electron chi connectivity index (χ0n) is 10.2. The standard InChI is InChI=1S/C11H20N4S/c1-11(2,3)13-7-9-5-4-6-15(9)10-12-8-14-16-10/h8-9,13H,4-7H2,1-3H3. The molecule has 0 amide bonds. The normalized spacial score (nSPS) is 21.7. The highest BCUT2D eigenvalue weighted by Crippen LogP contribution is 2.25. The summed E-state index contributed by atoms with van der Waals surface area (Å²) in [5.74, 6) is 0. The molecule has 1 aliphatic rings. The Balaban J connectivity index is 1.94. The van der Waals surface area contributed by atoms with E-state index in [1.54, 1.807) is 6.33 Å². The topological polar surface area (TPSA) is 41.0 Å². The van der Waals surface area contributed by atoms with Crippen LogP contribution in [0.25, 0.3) is 0 Å². The first-order chi connectivity index (χ1) is 7.56. The lowest BCUT2D eigenvalue weighted by Gasteiger charge is -2.28. The summed E-state index contributed by atoms with van der Waals surface area (Å²) >= 11 is 1.49. The maximum absolute atomic E-state index is 4.30. The smallest absolute Gasteiger partial charge is 0.205 e. The van der Waals surface area contributed by atoms with Crippen LogP contribution in [0.3, 0.4) is 0 Å². The molecule has 0 aromatic carbocycles. The van der Waals surface area contributed by atoms with Crippen LogP contribution in [0.5, 0.6) is 0 Å². The highest BCUT2D eigenvalue weighted by Gasteiger charge is 2.27. The second-order valence-electron chi connectivity index (χ2n) is 5.34. The van der Waals surface area contributed by atoms with E-state index in [0.717, 1.165) is 18.2 Å². The van der Waals surface area contributed by atoms with E-state index >= 15 is 0 Å². The molecule has 1 aromatic heterocycles. The summed E-state index contributed by atoms with van der Waals surface area (Å²) in [7, 11) is 0. The van der Waals surface area contributed by atoms with Gasteiger partial charge in [-0.25, -0.2) is 4.98 Å². The second kappa shape index (κ2) is 4.67. The Hall–Kier alpha value is -0.680. The largest absolute Gasteiger partial charge is 0.343 e. The number of nitrogens with one attached hydrogen (secondary N) is 1. The first-order valence-corrected chi connectivity index (χ1v) is 6.62. The van der Waals surface area contributed by atoms with Crippen molar-refractivity contribution in [3.05, 3.63) is 6.33 Å². The van der Waals surface area contributed by atoms with Gasteiger partial charge in [-0.1, -0.05) is 0 Å². The third kappa shape index (κ3) is 2.92. The molecular weight excluding hydrogens is 220 g/mol. The van der Waals surface area contributed by atoms with Gasteiger partial charge < -0.3 is 10.2 Å². The Morgan fingerprint density at radius 3 is 3.00 bits per heavy atom. The van der Waals surface area contributed by atoms with Gasteiger partial charge in [0.25, 0.3) is 0 Å². The number of anilines is 1. The maximum atomic E-state index is 4.30. The molecule has 1 N–H and O–H groups in total. The van der Waals surface area contributed by atoms with Crippen molar-refractivity contribution in [2.45, 2.75) is 45.2 Å². The summed E-state index contributed by atoms with van der Waals surface area (Å²) < 4.78 is 4.08. The molecule has 0 aliphatic carbocycles. The Kier molecular flexibility index (Phi) is 3.44. The Morgan fingerprint density at radius 2 is 2.38 bits per heavy atom. The lowest BCUT2D eigenvalue weighted by atomic mass is 10.1. The molecule has 4 nitrogen and oxygen atoms in total. The van der Waals surface area contributed by atoms with Crippen molar-refractivity contribution in [1.29, 1.82) is 0 Å². The highest BCUT2D eigenvalue weighted by atomic mass is 32.1. The molecule has 0 saturated carbocycles. The van der Waals surface area contributed by atoms with Gasteiger partial charge in [-0.15, -0.1) is 0 Å². The molecule has 1 saturated heterocycles. The molecule has 1 aliphatic heterocycles. The third-order valence-electron chi connectivity index (χ3n) is 2.84. The number of aromatic nitrogens is 2. The summed E-state index contributed by atoms with van der Waals surface area (Å²) in [6, 6.07) is 0.576. The van der Waals surface area contributed by atoms with E-state index in [9.17, 15) is 0 Å². The molecule has 2 heterocycles. The Bertz CT molecular complexity index is 317. The average molecular weight is 240 g/mol. The molecule has 2 rings (SSSR count). The summed E-state index contributed by atoms with van der Waals surface area (Å²) in [6.07, 6.45) is 4.16. The van der Waals surface area contributed by atoms with Gasteiger partial charge in [-0.05, 0) is 33.6 Å². The van der Waals surface area contributed by atoms with E-state index in [-0.39, 0.29) is 5.54 Å². The van der Waals surface area contributed by atoms with Crippen LogP contribution < -0.4 is 10.2 Å². The minimum Gasteiger partial charge on any atom is -0.343 e. The molecule has 1 aromatic rings. The summed E-state index contributed by atoms with van der Waals surface area (Å²) in [5.41, 5.74) is 0.190. The Labute approximate surface area is 101 Å². The van der Waals surface area contributed by atoms with Gasteiger partial charge in [0.05, 0.1) is 0 Å². The second-order valence-corrected chi connectivity index (χ2v) is 6.10. The lowest BCUT2D eigenvalue weighted by Crippen LogP contribution is -2.45. The van der Waals surface area contributed by atoms with Crippen molar-refractivity contribution in [1.82, 2.24) is 14.7 Å².